The first-order valence-corrected chi connectivity index (χ1v) is 6.97. The van der Waals surface area contributed by atoms with Crippen molar-refractivity contribution in [2.75, 3.05) is 12.3 Å². The molecule has 1 fully saturated rings. The molecular formula is C13H20ClN3O. The Morgan fingerprint density at radius 2 is 1.89 bits per heavy atom. The quantitative estimate of drug-likeness (QED) is 0.675. The molecule has 0 unspecified atom stereocenters. The summed E-state index contributed by atoms with van der Waals surface area (Å²) in [5.41, 5.74) is 7.05. The van der Waals surface area contributed by atoms with Gasteiger partial charge in [-0.2, -0.15) is 4.98 Å². The Bertz CT molecular complexity index is 403. The SMILES string of the molecule is Cc1nc(Cl)nc(OCC2CCCCCC2)c1N. The van der Waals surface area contributed by atoms with E-state index in [4.69, 9.17) is 22.1 Å². The average Bonchev–Trinajstić information content (AvgIpc) is 2.60. The lowest BCUT2D eigenvalue weighted by Gasteiger charge is -2.16. The van der Waals surface area contributed by atoms with Crippen molar-refractivity contribution in [2.24, 2.45) is 5.92 Å². The predicted molar refractivity (Wildman–Crippen MR) is 72.9 cm³/mol. The zero-order valence-electron chi connectivity index (χ0n) is 10.8. The number of aryl methyl sites for hydroxylation is 1. The van der Waals surface area contributed by atoms with E-state index in [0.29, 0.717) is 29.8 Å². The summed E-state index contributed by atoms with van der Waals surface area (Å²) in [6, 6.07) is 0. The van der Waals surface area contributed by atoms with Gasteiger partial charge in [0, 0.05) is 0 Å². The highest BCUT2D eigenvalue weighted by atomic mass is 35.5. The summed E-state index contributed by atoms with van der Waals surface area (Å²) in [5, 5.41) is 0.192. The van der Waals surface area contributed by atoms with Gasteiger partial charge in [0.15, 0.2) is 0 Å². The van der Waals surface area contributed by atoms with Crippen LogP contribution in [-0.4, -0.2) is 16.6 Å². The van der Waals surface area contributed by atoms with Crippen molar-refractivity contribution in [1.82, 2.24) is 9.97 Å². The van der Waals surface area contributed by atoms with Crippen molar-refractivity contribution in [3.05, 3.63) is 11.0 Å². The lowest BCUT2D eigenvalue weighted by Crippen LogP contribution is -2.13. The van der Waals surface area contributed by atoms with Crippen LogP contribution in [0, 0.1) is 12.8 Å². The maximum absolute atomic E-state index is 5.89. The third-order valence-corrected chi connectivity index (χ3v) is 3.67. The van der Waals surface area contributed by atoms with Crippen LogP contribution in [0.4, 0.5) is 5.69 Å². The lowest BCUT2D eigenvalue weighted by atomic mass is 10.0. The molecule has 1 aliphatic rings. The molecule has 1 aromatic heterocycles. The molecular weight excluding hydrogens is 250 g/mol. The molecule has 1 heterocycles. The minimum atomic E-state index is 0.192. The molecule has 2 rings (SSSR count). The first kappa shape index (κ1) is 13.4. The van der Waals surface area contributed by atoms with Crippen LogP contribution in [-0.2, 0) is 0 Å². The molecule has 4 nitrogen and oxygen atoms in total. The van der Waals surface area contributed by atoms with Crippen LogP contribution in [0.2, 0.25) is 5.28 Å². The third-order valence-electron chi connectivity index (χ3n) is 3.50. The number of ether oxygens (including phenoxy) is 1. The number of hydrogen-bond acceptors (Lipinski definition) is 4. The van der Waals surface area contributed by atoms with Gasteiger partial charge >= 0.3 is 0 Å². The number of rotatable bonds is 3. The fourth-order valence-corrected chi connectivity index (χ4v) is 2.56. The highest BCUT2D eigenvalue weighted by molar-refractivity contribution is 6.28. The second-order valence-corrected chi connectivity index (χ2v) is 5.30. The summed E-state index contributed by atoms with van der Waals surface area (Å²) in [7, 11) is 0. The molecule has 5 heteroatoms. The van der Waals surface area contributed by atoms with E-state index in [1.807, 2.05) is 0 Å². The van der Waals surface area contributed by atoms with Crippen LogP contribution in [0.3, 0.4) is 0 Å². The monoisotopic (exact) mass is 269 g/mol. The summed E-state index contributed by atoms with van der Waals surface area (Å²) in [6.07, 6.45) is 7.75. The Morgan fingerprint density at radius 1 is 1.22 bits per heavy atom. The maximum atomic E-state index is 5.89. The molecule has 0 atom stereocenters. The van der Waals surface area contributed by atoms with Gasteiger partial charge in [0.05, 0.1) is 12.3 Å². The number of nitrogens with zero attached hydrogens (tertiary/aromatic N) is 2. The van der Waals surface area contributed by atoms with E-state index >= 15 is 0 Å². The summed E-state index contributed by atoms with van der Waals surface area (Å²) in [5.74, 6) is 1.04. The predicted octanol–water partition coefficient (Wildman–Crippen LogP) is 3.37. The van der Waals surface area contributed by atoms with E-state index < -0.39 is 0 Å². The number of halogens is 1. The van der Waals surface area contributed by atoms with E-state index in [1.165, 1.54) is 38.5 Å². The lowest BCUT2D eigenvalue weighted by molar-refractivity contribution is 0.227. The molecule has 0 amide bonds. The van der Waals surface area contributed by atoms with Crippen LogP contribution in [0.25, 0.3) is 0 Å². The molecule has 1 aromatic rings. The second kappa shape index (κ2) is 6.23. The second-order valence-electron chi connectivity index (χ2n) is 4.97. The summed E-state index contributed by atoms with van der Waals surface area (Å²) < 4.78 is 5.73. The van der Waals surface area contributed by atoms with E-state index in [1.54, 1.807) is 6.92 Å². The molecule has 0 bridgehead atoms. The number of nitrogens with two attached hydrogens (primary N) is 1. The smallest absolute Gasteiger partial charge is 0.241 e. The van der Waals surface area contributed by atoms with E-state index in [-0.39, 0.29) is 5.28 Å². The Hall–Kier alpha value is -1.03. The van der Waals surface area contributed by atoms with Gasteiger partial charge in [0.2, 0.25) is 11.2 Å². The number of aromatic nitrogens is 2. The maximum Gasteiger partial charge on any atom is 0.241 e. The summed E-state index contributed by atoms with van der Waals surface area (Å²) in [6.45, 7) is 2.48. The van der Waals surface area contributed by atoms with Crippen molar-refractivity contribution in [3.63, 3.8) is 0 Å². The normalized spacial score (nSPS) is 17.4. The van der Waals surface area contributed by atoms with E-state index in [2.05, 4.69) is 9.97 Å². The van der Waals surface area contributed by atoms with Gasteiger partial charge < -0.3 is 10.5 Å². The van der Waals surface area contributed by atoms with Crippen molar-refractivity contribution < 1.29 is 4.74 Å². The van der Waals surface area contributed by atoms with Gasteiger partial charge in [-0.1, -0.05) is 25.7 Å². The van der Waals surface area contributed by atoms with Crippen LogP contribution in [0.5, 0.6) is 5.88 Å². The minimum absolute atomic E-state index is 0.192. The highest BCUT2D eigenvalue weighted by Crippen LogP contribution is 2.26. The van der Waals surface area contributed by atoms with Crippen LogP contribution >= 0.6 is 11.6 Å². The van der Waals surface area contributed by atoms with Crippen molar-refractivity contribution in [3.8, 4) is 5.88 Å². The average molecular weight is 270 g/mol. The zero-order valence-corrected chi connectivity index (χ0v) is 11.5. The Kier molecular flexibility index (Phi) is 4.64. The zero-order chi connectivity index (χ0) is 13.0. The molecule has 0 radical (unpaired) electrons. The largest absolute Gasteiger partial charge is 0.476 e. The minimum Gasteiger partial charge on any atom is -0.476 e. The number of anilines is 1. The summed E-state index contributed by atoms with van der Waals surface area (Å²) >= 11 is 5.81. The Labute approximate surface area is 113 Å². The molecule has 1 aliphatic carbocycles. The third kappa shape index (κ3) is 3.48. The number of hydrogen-bond donors (Lipinski definition) is 1. The highest BCUT2D eigenvalue weighted by Gasteiger charge is 2.15. The molecule has 100 valence electrons. The van der Waals surface area contributed by atoms with Crippen molar-refractivity contribution in [2.45, 2.75) is 45.4 Å². The van der Waals surface area contributed by atoms with Crippen LogP contribution < -0.4 is 10.5 Å². The fourth-order valence-electron chi connectivity index (χ4n) is 2.36. The van der Waals surface area contributed by atoms with Gasteiger partial charge in [-0.05, 0) is 37.3 Å². The Balaban J connectivity index is 1.96. The molecule has 0 saturated heterocycles. The fraction of sp³-hybridized carbons (Fsp3) is 0.692. The van der Waals surface area contributed by atoms with E-state index in [9.17, 15) is 0 Å². The van der Waals surface area contributed by atoms with Gasteiger partial charge in [0.25, 0.3) is 0 Å². The van der Waals surface area contributed by atoms with Crippen LogP contribution in [0.15, 0.2) is 0 Å². The molecule has 1 saturated carbocycles. The van der Waals surface area contributed by atoms with Gasteiger partial charge in [-0.3, -0.25) is 0 Å². The van der Waals surface area contributed by atoms with Gasteiger partial charge in [-0.15, -0.1) is 0 Å². The Morgan fingerprint density at radius 3 is 2.56 bits per heavy atom. The molecule has 18 heavy (non-hydrogen) atoms. The molecule has 2 N–H and O–H groups in total. The van der Waals surface area contributed by atoms with Crippen molar-refractivity contribution in [1.29, 1.82) is 0 Å². The first-order chi connectivity index (χ1) is 8.66. The van der Waals surface area contributed by atoms with Crippen LogP contribution in [0.1, 0.15) is 44.2 Å². The molecule has 0 aliphatic heterocycles. The molecule has 0 spiro atoms. The molecule has 0 aromatic carbocycles. The standard InChI is InChI=1S/C13H20ClN3O/c1-9-11(15)12(17-13(14)16-9)18-8-10-6-4-2-3-5-7-10/h10H,2-8,15H2,1H3. The van der Waals surface area contributed by atoms with Gasteiger partial charge in [0.1, 0.15) is 5.69 Å². The topological polar surface area (TPSA) is 61.0 Å². The van der Waals surface area contributed by atoms with Crippen molar-refractivity contribution >= 4 is 17.3 Å². The first-order valence-electron chi connectivity index (χ1n) is 6.59. The van der Waals surface area contributed by atoms with E-state index in [0.717, 1.165) is 0 Å². The number of nitrogen functional groups attached to an aromatic ring is 1. The summed E-state index contributed by atoms with van der Waals surface area (Å²) in [4.78, 5) is 8.04. The van der Waals surface area contributed by atoms with Gasteiger partial charge in [-0.25, -0.2) is 4.98 Å².